The molecule has 0 saturated carbocycles. The first-order valence-electron chi connectivity index (χ1n) is 9.64. The van der Waals surface area contributed by atoms with Crippen molar-refractivity contribution in [1.82, 2.24) is 19.3 Å². The molecule has 0 radical (unpaired) electrons. The predicted molar refractivity (Wildman–Crippen MR) is 116 cm³/mol. The first kappa shape index (κ1) is 22.9. The number of aryl methyl sites for hydroxylation is 1. The smallest absolute Gasteiger partial charge is 0.420 e. The van der Waals surface area contributed by atoms with Crippen molar-refractivity contribution in [1.29, 1.82) is 0 Å². The normalized spacial score (nSPS) is 12.5. The third-order valence-corrected chi connectivity index (χ3v) is 7.39. The van der Waals surface area contributed by atoms with Crippen LogP contribution in [-0.4, -0.2) is 41.3 Å². The van der Waals surface area contributed by atoms with Gasteiger partial charge in [0.25, 0.3) is 10.0 Å². The molecule has 2 aromatic heterocycles. The van der Waals surface area contributed by atoms with Crippen molar-refractivity contribution < 1.29 is 23.1 Å². The number of imidazole rings is 1. The molecule has 1 atom stereocenters. The van der Waals surface area contributed by atoms with Crippen LogP contribution >= 0.6 is 11.3 Å². The summed E-state index contributed by atoms with van der Waals surface area (Å²) in [5, 5.41) is 10.5. The highest BCUT2D eigenvalue weighted by atomic mass is 32.2. The molecule has 31 heavy (non-hydrogen) atoms. The van der Waals surface area contributed by atoms with E-state index in [0.717, 1.165) is 30.4 Å². The Morgan fingerprint density at radius 1 is 1.32 bits per heavy atom. The molecule has 3 aromatic rings. The van der Waals surface area contributed by atoms with Crippen LogP contribution in [0.2, 0.25) is 0 Å². The standard InChI is InChI=1S/C20H24N4O5S2/c1-4-5-16-22-17(19(30-16)31(27,28)23-20(26)29-3)15-8-6-14(7-9-15)12-24-11-10-21-18(24)13(2)25/h6-11,13,25H,4-5,12H2,1-3H3,(H,23,26). The number of hydrogen-bond donors (Lipinski definition) is 2. The number of aliphatic hydroxyl groups is 1. The van der Waals surface area contributed by atoms with Gasteiger partial charge in [-0.2, -0.15) is 0 Å². The minimum atomic E-state index is -4.12. The molecule has 11 heteroatoms. The summed E-state index contributed by atoms with van der Waals surface area (Å²) >= 11 is 1.04. The van der Waals surface area contributed by atoms with Crippen LogP contribution in [0.3, 0.4) is 0 Å². The molecule has 0 saturated heterocycles. The van der Waals surface area contributed by atoms with Gasteiger partial charge in [0.05, 0.1) is 12.1 Å². The lowest BCUT2D eigenvalue weighted by atomic mass is 10.1. The van der Waals surface area contributed by atoms with Crippen LogP contribution in [-0.2, 0) is 27.7 Å². The van der Waals surface area contributed by atoms with Gasteiger partial charge >= 0.3 is 6.09 Å². The number of methoxy groups -OCH3 is 1. The first-order valence-corrected chi connectivity index (χ1v) is 11.9. The number of aliphatic hydroxyl groups excluding tert-OH is 1. The summed E-state index contributed by atoms with van der Waals surface area (Å²) in [4.78, 5) is 20.2. The van der Waals surface area contributed by atoms with Gasteiger partial charge in [-0.1, -0.05) is 31.2 Å². The summed E-state index contributed by atoms with van der Waals surface area (Å²) in [6, 6.07) is 7.31. The van der Waals surface area contributed by atoms with Gasteiger partial charge in [0.15, 0.2) is 4.21 Å². The highest BCUT2D eigenvalue weighted by molar-refractivity contribution is 7.92. The van der Waals surface area contributed by atoms with E-state index in [4.69, 9.17) is 0 Å². The van der Waals surface area contributed by atoms with E-state index < -0.39 is 22.2 Å². The summed E-state index contributed by atoms with van der Waals surface area (Å²) in [5.74, 6) is 0.565. The molecular weight excluding hydrogens is 440 g/mol. The number of amides is 1. The van der Waals surface area contributed by atoms with Crippen LogP contribution in [0.5, 0.6) is 0 Å². The van der Waals surface area contributed by atoms with Gasteiger partial charge < -0.3 is 14.4 Å². The van der Waals surface area contributed by atoms with E-state index in [1.807, 2.05) is 28.3 Å². The average Bonchev–Trinajstić information content (AvgIpc) is 3.36. The molecule has 1 amide bonds. The second kappa shape index (κ2) is 9.58. The second-order valence-electron chi connectivity index (χ2n) is 6.88. The Morgan fingerprint density at radius 2 is 2.03 bits per heavy atom. The van der Waals surface area contributed by atoms with Gasteiger partial charge in [-0.25, -0.2) is 27.9 Å². The predicted octanol–water partition coefficient (Wildman–Crippen LogP) is 3.11. The molecule has 166 valence electrons. The number of carbonyl (C=O) groups excluding carboxylic acids is 1. The Bertz CT molecular complexity index is 1150. The van der Waals surface area contributed by atoms with Crippen molar-refractivity contribution in [3.8, 4) is 11.3 Å². The number of sulfonamides is 1. The summed E-state index contributed by atoms with van der Waals surface area (Å²) in [6.07, 6.45) is 3.12. The number of nitrogens with one attached hydrogen (secondary N) is 1. The maximum atomic E-state index is 12.7. The lowest BCUT2D eigenvalue weighted by Crippen LogP contribution is -2.30. The zero-order chi connectivity index (χ0) is 22.6. The fraction of sp³-hybridized carbons (Fsp3) is 0.350. The van der Waals surface area contributed by atoms with Crippen molar-refractivity contribution >= 4 is 27.5 Å². The van der Waals surface area contributed by atoms with E-state index in [2.05, 4.69) is 14.7 Å². The Morgan fingerprint density at radius 3 is 2.65 bits per heavy atom. The zero-order valence-corrected chi connectivity index (χ0v) is 19.0. The molecule has 0 bridgehead atoms. The summed E-state index contributed by atoms with van der Waals surface area (Å²) < 4.78 is 33.6. The number of carbonyl (C=O) groups is 1. The van der Waals surface area contributed by atoms with Crippen molar-refractivity contribution in [2.45, 2.75) is 43.5 Å². The zero-order valence-electron chi connectivity index (χ0n) is 17.4. The van der Waals surface area contributed by atoms with Crippen molar-refractivity contribution in [3.05, 3.63) is 53.1 Å². The Balaban J connectivity index is 1.93. The highest BCUT2D eigenvalue weighted by Crippen LogP contribution is 2.33. The summed E-state index contributed by atoms with van der Waals surface area (Å²) in [5.41, 5.74) is 1.86. The molecule has 0 fully saturated rings. The van der Waals surface area contributed by atoms with Gasteiger partial charge in [-0.05, 0) is 25.3 Å². The van der Waals surface area contributed by atoms with Crippen LogP contribution in [0.1, 0.15) is 42.8 Å². The van der Waals surface area contributed by atoms with Gasteiger partial charge in [0.1, 0.15) is 17.6 Å². The van der Waals surface area contributed by atoms with Gasteiger partial charge in [-0.3, -0.25) is 0 Å². The number of benzene rings is 1. The number of rotatable bonds is 8. The lowest BCUT2D eigenvalue weighted by molar-refractivity contribution is 0.177. The Labute approximate surface area is 184 Å². The average molecular weight is 465 g/mol. The number of aromatic nitrogens is 3. The maximum absolute atomic E-state index is 12.7. The van der Waals surface area contributed by atoms with E-state index in [9.17, 15) is 18.3 Å². The first-order chi connectivity index (χ1) is 14.7. The topological polar surface area (TPSA) is 123 Å². The molecule has 9 nitrogen and oxygen atoms in total. The molecule has 0 aliphatic carbocycles. The third kappa shape index (κ3) is 5.30. The van der Waals surface area contributed by atoms with Crippen molar-refractivity contribution in [2.24, 2.45) is 0 Å². The summed E-state index contributed by atoms with van der Waals surface area (Å²) in [7, 11) is -3.02. The van der Waals surface area contributed by atoms with Gasteiger partial charge in [-0.15, -0.1) is 11.3 Å². The molecule has 1 aromatic carbocycles. The minimum absolute atomic E-state index is 0.0277. The SMILES string of the molecule is CCCc1nc(-c2ccc(Cn3ccnc3C(C)O)cc2)c(S(=O)(=O)NC(=O)OC)s1. The molecule has 3 rings (SSSR count). The monoisotopic (exact) mass is 464 g/mol. The molecule has 2 heterocycles. The third-order valence-electron chi connectivity index (χ3n) is 4.45. The van der Waals surface area contributed by atoms with Crippen molar-refractivity contribution in [2.75, 3.05) is 7.11 Å². The quantitative estimate of drug-likeness (QED) is 0.525. The molecule has 0 spiro atoms. The molecule has 1 unspecified atom stereocenters. The largest absolute Gasteiger partial charge is 0.452 e. The number of nitrogens with zero attached hydrogens (tertiary/aromatic N) is 3. The number of hydrogen-bond acceptors (Lipinski definition) is 8. The Hall–Kier alpha value is -2.76. The van der Waals surface area contributed by atoms with Crippen LogP contribution < -0.4 is 4.72 Å². The number of ether oxygens (including phenoxy) is 1. The van der Waals surface area contributed by atoms with E-state index in [1.165, 1.54) is 0 Å². The fourth-order valence-electron chi connectivity index (χ4n) is 3.02. The van der Waals surface area contributed by atoms with Crippen LogP contribution in [0.15, 0.2) is 40.9 Å². The molecular formula is C20H24N4O5S2. The van der Waals surface area contributed by atoms with Crippen LogP contribution in [0.4, 0.5) is 4.79 Å². The van der Waals surface area contributed by atoms with Crippen LogP contribution in [0, 0.1) is 0 Å². The highest BCUT2D eigenvalue weighted by Gasteiger charge is 2.27. The second-order valence-corrected chi connectivity index (χ2v) is 9.84. The maximum Gasteiger partial charge on any atom is 0.420 e. The van der Waals surface area contributed by atoms with Crippen molar-refractivity contribution in [3.63, 3.8) is 0 Å². The lowest BCUT2D eigenvalue weighted by Gasteiger charge is -2.10. The number of thiazole rings is 1. The molecule has 2 N–H and O–H groups in total. The minimum Gasteiger partial charge on any atom is -0.452 e. The van der Waals surface area contributed by atoms with E-state index in [0.29, 0.717) is 35.1 Å². The molecule has 0 aliphatic rings. The van der Waals surface area contributed by atoms with Gasteiger partial charge in [0.2, 0.25) is 0 Å². The van der Waals surface area contributed by atoms with E-state index in [1.54, 1.807) is 31.5 Å². The molecule has 0 aliphatic heterocycles. The van der Waals surface area contributed by atoms with E-state index >= 15 is 0 Å². The summed E-state index contributed by atoms with van der Waals surface area (Å²) in [6.45, 7) is 4.14. The van der Waals surface area contributed by atoms with Crippen LogP contribution in [0.25, 0.3) is 11.3 Å². The van der Waals surface area contributed by atoms with E-state index in [-0.39, 0.29) is 4.21 Å². The fourth-order valence-corrected chi connectivity index (χ4v) is 5.60. The van der Waals surface area contributed by atoms with Gasteiger partial charge in [0, 0.05) is 24.5 Å². The Kier molecular flexibility index (Phi) is 7.08.